The molecular weight excluding hydrogens is 316 g/mol. The standard InChI is InChI=1S/C19H28N4O2/c1-14-3-5-17(6-4-14)21-19(25)15(2)23-11-9-22(10-12-23)13-18(24)20-16-7-8-16/h3-6,15-16H,7-13H2,1-2H3,(H,20,24)(H,21,25). The van der Waals surface area contributed by atoms with Crippen molar-refractivity contribution in [2.75, 3.05) is 38.0 Å². The average Bonchev–Trinajstić information content (AvgIpc) is 3.40. The number of hydrogen-bond donors (Lipinski definition) is 2. The van der Waals surface area contributed by atoms with Crippen molar-refractivity contribution in [2.24, 2.45) is 0 Å². The molecule has 1 atom stereocenters. The highest BCUT2D eigenvalue weighted by Crippen LogP contribution is 2.18. The number of aryl methyl sites for hydroxylation is 1. The van der Waals surface area contributed by atoms with Crippen molar-refractivity contribution in [1.82, 2.24) is 15.1 Å². The van der Waals surface area contributed by atoms with Gasteiger partial charge in [-0.1, -0.05) is 17.7 Å². The first-order valence-corrected chi connectivity index (χ1v) is 9.14. The van der Waals surface area contributed by atoms with Crippen LogP contribution in [0.2, 0.25) is 0 Å². The quantitative estimate of drug-likeness (QED) is 0.814. The number of benzene rings is 1. The molecule has 0 radical (unpaired) electrons. The molecule has 1 aliphatic carbocycles. The van der Waals surface area contributed by atoms with Crippen molar-refractivity contribution in [3.63, 3.8) is 0 Å². The molecule has 136 valence electrons. The number of carbonyl (C=O) groups is 2. The van der Waals surface area contributed by atoms with E-state index in [1.54, 1.807) is 0 Å². The number of carbonyl (C=O) groups excluding carboxylic acids is 2. The molecule has 0 spiro atoms. The molecule has 2 N–H and O–H groups in total. The van der Waals surface area contributed by atoms with E-state index in [1.807, 2.05) is 38.1 Å². The maximum atomic E-state index is 12.5. The Labute approximate surface area is 149 Å². The molecule has 2 fully saturated rings. The summed E-state index contributed by atoms with van der Waals surface area (Å²) in [6.45, 7) is 7.69. The maximum absolute atomic E-state index is 12.5. The van der Waals surface area contributed by atoms with Crippen molar-refractivity contribution >= 4 is 17.5 Å². The summed E-state index contributed by atoms with van der Waals surface area (Å²) in [5, 5.41) is 6.01. The smallest absolute Gasteiger partial charge is 0.241 e. The van der Waals surface area contributed by atoms with Crippen molar-refractivity contribution < 1.29 is 9.59 Å². The monoisotopic (exact) mass is 344 g/mol. The number of anilines is 1. The van der Waals surface area contributed by atoms with E-state index in [4.69, 9.17) is 0 Å². The largest absolute Gasteiger partial charge is 0.352 e. The zero-order valence-corrected chi connectivity index (χ0v) is 15.1. The summed E-state index contributed by atoms with van der Waals surface area (Å²) in [7, 11) is 0. The topological polar surface area (TPSA) is 64.7 Å². The van der Waals surface area contributed by atoms with Crippen LogP contribution < -0.4 is 10.6 Å². The summed E-state index contributed by atoms with van der Waals surface area (Å²) in [5.74, 6) is 0.143. The Hall–Kier alpha value is -1.92. The summed E-state index contributed by atoms with van der Waals surface area (Å²) < 4.78 is 0. The molecule has 1 heterocycles. The molecule has 1 saturated carbocycles. The van der Waals surface area contributed by atoms with Crippen LogP contribution in [0.3, 0.4) is 0 Å². The predicted octanol–water partition coefficient (Wildman–Crippen LogP) is 1.22. The van der Waals surface area contributed by atoms with Crippen molar-refractivity contribution in [2.45, 2.75) is 38.8 Å². The predicted molar refractivity (Wildman–Crippen MR) is 98.4 cm³/mol. The van der Waals surface area contributed by atoms with Gasteiger partial charge in [-0.2, -0.15) is 0 Å². The number of piperazine rings is 1. The minimum atomic E-state index is -0.177. The second kappa shape index (κ2) is 7.97. The van der Waals surface area contributed by atoms with E-state index < -0.39 is 0 Å². The third kappa shape index (κ3) is 5.28. The lowest BCUT2D eigenvalue weighted by molar-refractivity contribution is -0.124. The highest BCUT2D eigenvalue weighted by molar-refractivity contribution is 5.94. The maximum Gasteiger partial charge on any atom is 0.241 e. The zero-order chi connectivity index (χ0) is 17.8. The van der Waals surface area contributed by atoms with Gasteiger partial charge >= 0.3 is 0 Å². The van der Waals surface area contributed by atoms with Crippen LogP contribution in [0.25, 0.3) is 0 Å². The Balaban J connectivity index is 1.42. The summed E-state index contributed by atoms with van der Waals surface area (Å²) >= 11 is 0. The Morgan fingerprint density at radius 3 is 2.36 bits per heavy atom. The fourth-order valence-corrected chi connectivity index (χ4v) is 3.06. The molecule has 1 unspecified atom stereocenters. The van der Waals surface area contributed by atoms with Crippen molar-refractivity contribution in [1.29, 1.82) is 0 Å². The van der Waals surface area contributed by atoms with Gasteiger partial charge in [0.15, 0.2) is 0 Å². The Bertz CT molecular complexity index is 604. The van der Waals surface area contributed by atoms with Crippen molar-refractivity contribution in [3.8, 4) is 0 Å². The highest BCUT2D eigenvalue weighted by atomic mass is 16.2. The molecule has 2 amide bonds. The lowest BCUT2D eigenvalue weighted by Crippen LogP contribution is -2.54. The SMILES string of the molecule is Cc1ccc(NC(=O)C(C)N2CCN(CC(=O)NC3CC3)CC2)cc1. The van der Waals surface area contributed by atoms with Crippen LogP contribution in [-0.2, 0) is 9.59 Å². The van der Waals surface area contributed by atoms with E-state index in [0.717, 1.165) is 44.7 Å². The van der Waals surface area contributed by atoms with Gasteiger partial charge in [0.05, 0.1) is 12.6 Å². The summed E-state index contributed by atoms with van der Waals surface area (Å²) in [5.41, 5.74) is 2.01. The Morgan fingerprint density at radius 2 is 1.76 bits per heavy atom. The molecular formula is C19H28N4O2. The first-order chi connectivity index (χ1) is 12.0. The Morgan fingerprint density at radius 1 is 1.12 bits per heavy atom. The molecule has 6 heteroatoms. The molecule has 1 aromatic carbocycles. The van der Waals surface area contributed by atoms with Gasteiger partial charge in [-0.15, -0.1) is 0 Å². The fraction of sp³-hybridized carbons (Fsp3) is 0.579. The van der Waals surface area contributed by atoms with E-state index in [9.17, 15) is 9.59 Å². The number of hydrogen-bond acceptors (Lipinski definition) is 4. The molecule has 25 heavy (non-hydrogen) atoms. The summed E-state index contributed by atoms with van der Waals surface area (Å²) in [4.78, 5) is 28.7. The summed E-state index contributed by atoms with van der Waals surface area (Å²) in [6.07, 6.45) is 2.24. The zero-order valence-electron chi connectivity index (χ0n) is 15.1. The third-order valence-corrected chi connectivity index (χ3v) is 4.96. The molecule has 3 rings (SSSR count). The minimum absolute atomic E-state index is 0.0174. The van der Waals surface area contributed by atoms with Crippen LogP contribution in [0.5, 0.6) is 0 Å². The van der Waals surface area contributed by atoms with Crippen LogP contribution >= 0.6 is 0 Å². The number of rotatable bonds is 6. The molecule has 0 bridgehead atoms. The van der Waals surface area contributed by atoms with Gasteiger partial charge in [-0.05, 0) is 38.8 Å². The molecule has 1 saturated heterocycles. The van der Waals surface area contributed by atoms with E-state index in [1.165, 1.54) is 5.56 Å². The fourth-order valence-electron chi connectivity index (χ4n) is 3.06. The first-order valence-electron chi connectivity index (χ1n) is 9.14. The summed E-state index contributed by atoms with van der Waals surface area (Å²) in [6, 6.07) is 8.08. The van der Waals surface area contributed by atoms with E-state index in [-0.39, 0.29) is 17.9 Å². The number of nitrogens with zero attached hydrogens (tertiary/aromatic N) is 2. The van der Waals surface area contributed by atoms with Gasteiger partial charge in [-0.25, -0.2) is 0 Å². The van der Waals surface area contributed by atoms with Gasteiger partial charge in [0.1, 0.15) is 0 Å². The molecule has 0 aromatic heterocycles. The normalized spacial score (nSPS) is 20.1. The van der Waals surface area contributed by atoms with E-state index in [2.05, 4.69) is 20.4 Å². The van der Waals surface area contributed by atoms with E-state index >= 15 is 0 Å². The van der Waals surface area contributed by atoms with Gasteiger partial charge in [0.25, 0.3) is 0 Å². The van der Waals surface area contributed by atoms with Crippen molar-refractivity contribution in [3.05, 3.63) is 29.8 Å². The van der Waals surface area contributed by atoms with Gasteiger partial charge in [0.2, 0.25) is 11.8 Å². The number of amides is 2. The second-order valence-corrected chi connectivity index (χ2v) is 7.19. The second-order valence-electron chi connectivity index (χ2n) is 7.19. The van der Waals surface area contributed by atoms with Crippen LogP contribution in [-0.4, -0.2) is 66.4 Å². The molecule has 2 aliphatic rings. The van der Waals surface area contributed by atoms with Crippen LogP contribution in [0.15, 0.2) is 24.3 Å². The Kier molecular flexibility index (Phi) is 5.71. The lowest BCUT2D eigenvalue weighted by Gasteiger charge is -2.37. The van der Waals surface area contributed by atoms with E-state index in [0.29, 0.717) is 12.6 Å². The minimum Gasteiger partial charge on any atom is -0.352 e. The molecule has 6 nitrogen and oxygen atoms in total. The van der Waals surface area contributed by atoms with Crippen LogP contribution in [0.1, 0.15) is 25.3 Å². The first kappa shape index (κ1) is 17.9. The van der Waals surface area contributed by atoms with Gasteiger partial charge in [-0.3, -0.25) is 19.4 Å². The van der Waals surface area contributed by atoms with Gasteiger partial charge < -0.3 is 10.6 Å². The highest BCUT2D eigenvalue weighted by Gasteiger charge is 2.28. The molecule has 1 aliphatic heterocycles. The van der Waals surface area contributed by atoms with Crippen LogP contribution in [0.4, 0.5) is 5.69 Å². The lowest BCUT2D eigenvalue weighted by atomic mass is 10.2. The average molecular weight is 344 g/mol. The van der Waals surface area contributed by atoms with Gasteiger partial charge in [0, 0.05) is 37.9 Å². The third-order valence-electron chi connectivity index (χ3n) is 4.96. The van der Waals surface area contributed by atoms with Crippen LogP contribution in [0, 0.1) is 6.92 Å². The number of nitrogens with one attached hydrogen (secondary N) is 2. The molecule has 1 aromatic rings.